The average molecular weight is 554 g/mol. The zero-order valence-corrected chi connectivity index (χ0v) is 22.4. The maximum Gasteiger partial charge on any atom is 0.348 e. The molecule has 192 valence electrons. The van der Waals surface area contributed by atoms with Gasteiger partial charge in [0.2, 0.25) is 5.91 Å². The molecule has 0 radical (unpaired) electrons. The molecule has 13 heteroatoms. The summed E-state index contributed by atoms with van der Waals surface area (Å²) in [7, 11) is 0. The molecule has 1 aromatic carbocycles. The van der Waals surface area contributed by atoms with E-state index in [-0.39, 0.29) is 52.1 Å². The van der Waals surface area contributed by atoms with Crippen LogP contribution in [0.2, 0.25) is 5.02 Å². The zero-order valence-electron chi connectivity index (χ0n) is 20.0. The van der Waals surface area contributed by atoms with Crippen molar-refractivity contribution in [1.29, 1.82) is 0 Å². The molecule has 0 saturated carbocycles. The van der Waals surface area contributed by atoms with E-state index < -0.39 is 17.8 Å². The summed E-state index contributed by atoms with van der Waals surface area (Å²) >= 11 is 7.92. The third-order valence-electron chi connectivity index (χ3n) is 4.60. The van der Waals surface area contributed by atoms with Crippen molar-refractivity contribution in [2.75, 3.05) is 24.3 Å². The molecule has 0 fully saturated rings. The second-order valence-electron chi connectivity index (χ2n) is 7.20. The third kappa shape index (κ3) is 6.99. The number of nitrogens with one attached hydrogen (secondary N) is 1. The number of carbonyl (C=O) groups excluding carboxylic acids is 3. The smallest absolute Gasteiger partial charge is 0.348 e. The van der Waals surface area contributed by atoms with E-state index in [1.165, 1.54) is 0 Å². The van der Waals surface area contributed by atoms with Crippen LogP contribution in [-0.4, -0.2) is 47.0 Å². The largest absolute Gasteiger partial charge is 0.484 e. The van der Waals surface area contributed by atoms with Gasteiger partial charge < -0.3 is 23.9 Å². The summed E-state index contributed by atoms with van der Waals surface area (Å²) in [5, 5.41) is 11.5. The van der Waals surface area contributed by atoms with Gasteiger partial charge in [-0.2, -0.15) is 0 Å². The minimum Gasteiger partial charge on any atom is -0.484 e. The number of carbonyl (C=O) groups is 3. The quantitative estimate of drug-likeness (QED) is 0.254. The van der Waals surface area contributed by atoms with Crippen molar-refractivity contribution in [3.8, 4) is 5.75 Å². The van der Waals surface area contributed by atoms with E-state index in [2.05, 4.69) is 15.5 Å². The number of aromatic nitrogens is 2. The summed E-state index contributed by atoms with van der Waals surface area (Å²) in [6.45, 7) is 7.20. The number of amides is 1. The van der Waals surface area contributed by atoms with Crippen molar-refractivity contribution in [3.05, 3.63) is 50.7 Å². The van der Waals surface area contributed by atoms with Crippen molar-refractivity contribution in [2.24, 2.45) is 0 Å². The first-order chi connectivity index (χ1) is 17.2. The molecular weight excluding hydrogens is 530 g/mol. The van der Waals surface area contributed by atoms with Gasteiger partial charge in [-0.15, -0.1) is 21.5 Å². The Morgan fingerprint density at radius 2 is 1.83 bits per heavy atom. The number of nitrogens with zero attached hydrogens (tertiary/aromatic N) is 2. The molecule has 1 N–H and O–H groups in total. The number of aryl methyl sites for hydroxylation is 1. The van der Waals surface area contributed by atoms with Crippen LogP contribution < -0.4 is 10.1 Å². The van der Waals surface area contributed by atoms with Gasteiger partial charge in [-0.3, -0.25) is 4.79 Å². The van der Waals surface area contributed by atoms with Gasteiger partial charge in [0.15, 0.2) is 6.61 Å². The molecule has 1 amide bonds. The highest BCUT2D eigenvalue weighted by atomic mass is 35.5. The average Bonchev–Trinajstić information content (AvgIpc) is 3.41. The summed E-state index contributed by atoms with van der Waals surface area (Å²) in [5.74, 6) is -0.846. The fraction of sp³-hybridized carbons (Fsp3) is 0.348. The maximum absolute atomic E-state index is 12.6. The molecule has 3 rings (SSSR count). The molecule has 0 spiro atoms. The highest BCUT2D eigenvalue weighted by molar-refractivity contribution is 7.99. The zero-order chi connectivity index (χ0) is 26.2. The van der Waals surface area contributed by atoms with Gasteiger partial charge in [0.05, 0.1) is 24.5 Å². The van der Waals surface area contributed by atoms with Crippen molar-refractivity contribution in [2.45, 2.75) is 39.5 Å². The molecule has 3 aromatic rings. The van der Waals surface area contributed by atoms with Gasteiger partial charge in [0.25, 0.3) is 11.1 Å². The Bertz CT molecular complexity index is 1260. The molecule has 2 heterocycles. The standard InChI is InChI=1S/C23H24ClN3O7S2/c1-5-31-21(29)18-13(4)19(22(30)32-6-2)36-20(18)25-16(28)11-35-23-27-26-17(34-23)10-33-15-8-7-14(24)9-12(15)3/h7-9H,5-6,10-11H2,1-4H3,(H,25,28). The first kappa shape index (κ1) is 27.5. The summed E-state index contributed by atoms with van der Waals surface area (Å²) in [6, 6.07) is 5.25. The van der Waals surface area contributed by atoms with Crippen LogP contribution in [0.5, 0.6) is 5.75 Å². The van der Waals surface area contributed by atoms with E-state index in [4.69, 9.17) is 30.2 Å². The van der Waals surface area contributed by atoms with Gasteiger partial charge >= 0.3 is 11.9 Å². The Hall–Kier alpha value is -3.09. The number of rotatable bonds is 11. The molecule has 10 nitrogen and oxygen atoms in total. The summed E-state index contributed by atoms with van der Waals surface area (Å²) < 4.78 is 21.3. The van der Waals surface area contributed by atoms with Crippen LogP contribution in [0.15, 0.2) is 27.8 Å². The molecule has 2 aromatic heterocycles. The molecule has 0 aliphatic heterocycles. The Balaban J connectivity index is 1.62. The van der Waals surface area contributed by atoms with Crippen LogP contribution in [-0.2, 0) is 20.9 Å². The van der Waals surface area contributed by atoms with E-state index in [9.17, 15) is 14.4 Å². The van der Waals surface area contributed by atoms with E-state index in [0.29, 0.717) is 16.3 Å². The summed E-state index contributed by atoms with van der Waals surface area (Å²) in [5.41, 5.74) is 1.38. The van der Waals surface area contributed by atoms with E-state index >= 15 is 0 Å². The highest BCUT2D eigenvalue weighted by Gasteiger charge is 2.27. The molecular formula is C23H24ClN3O7S2. The lowest BCUT2D eigenvalue weighted by molar-refractivity contribution is -0.113. The van der Waals surface area contributed by atoms with E-state index in [1.807, 2.05) is 6.92 Å². The predicted molar refractivity (Wildman–Crippen MR) is 135 cm³/mol. The highest BCUT2D eigenvalue weighted by Crippen LogP contribution is 2.34. The molecule has 0 aliphatic carbocycles. The molecule has 0 saturated heterocycles. The lowest BCUT2D eigenvalue weighted by atomic mass is 10.1. The Morgan fingerprint density at radius 3 is 2.53 bits per heavy atom. The summed E-state index contributed by atoms with van der Waals surface area (Å²) in [4.78, 5) is 37.6. The van der Waals surface area contributed by atoms with Gasteiger partial charge in [-0.05, 0) is 57.0 Å². The minimum absolute atomic E-state index is 0.0518. The molecule has 0 bridgehead atoms. The second-order valence-corrected chi connectivity index (χ2v) is 9.58. The lowest BCUT2D eigenvalue weighted by Crippen LogP contribution is -2.16. The van der Waals surface area contributed by atoms with Crippen LogP contribution in [0.25, 0.3) is 0 Å². The first-order valence-corrected chi connectivity index (χ1v) is 13.0. The maximum atomic E-state index is 12.6. The number of esters is 2. The molecule has 0 aliphatic rings. The van der Waals surface area contributed by atoms with Crippen molar-refractivity contribution in [3.63, 3.8) is 0 Å². The van der Waals surface area contributed by atoms with Gasteiger partial charge in [-0.25, -0.2) is 9.59 Å². The topological polar surface area (TPSA) is 130 Å². The van der Waals surface area contributed by atoms with Crippen LogP contribution in [0, 0.1) is 13.8 Å². The Kier molecular flexibility index (Phi) is 9.73. The van der Waals surface area contributed by atoms with Crippen LogP contribution in [0.4, 0.5) is 5.00 Å². The van der Waals surface area contributed by atoms with Crippen molar-refractivity contribution < 1.29 is 33.0 Å². The van der Waals surface area contributed by atoms with Gasteiger partial charge in [-0.1, -0.05) is 23.4 Å². The molecule has 36 heavy (non-hydrogen) atoms. The lowest BCUT2D eigenvalue weighted by Gasteiger charge is -2.07. The second kappa shape index (κ2) is 12.7. The van der Waals surface area contributed by atoms with E-state index in [1.54, 1.807) is 39.0 Å². The normalized spacial score (nSPS) is 10.7. The number of hydrogen-bond donors (Lipinski definition) is 1. The number of thioether (sulfide) groups is 1. The summed E-state index contributed by atoms with van der Waals surface area (Å²) in [6.07, 6.45) is 0. The molecule has 0 atom stereocenters. The number of anilines is 1. The van der Waals surface area contributed by atoms with Crippen LogP contribution >= 0.6 is 34.7 Å². The minimum atomic E-state index is -0.637. The predicted octanol–water partition coefficient (Wildman–Crippen LogP) is 5.06. The van der Waals surface area contributed by atoms with Gasteiger partial charge in [0.1, 0.15) is 15.6 Å². The fourth-order valence-corrected chi connectivity index (χ4v) is 4.91. The Labute approximate surface area is 220 Å². The van der Waals surface area contributed by atoms with E-state index in [0.717, 1.165) is 28.7 Å². The number of halogens is 1. The van der Waals surface area contributed by atoms with Crippen LogP contribution in [0.3, 0.4) is 0 Å². The number of benzene rings is 1. The number of thiophene rings is 1. The SMILES string of the molecule is CCOC(=O)c1sc(NC(=O)CSc2nnc(COc3ccc(Cl)cc3C)o2)c(C(=O)OCC)c1C. The first-order valence-electron chi connectivity index (χ1n) is 10.8. The Morgan fingerprint density at radius 1 is 1.11 bits per heavy atom. The third-order valence-corrected chi connectivity index (χ3v) is 6.84. The number of ether oxygens (including phenoxy) is 3. The fourth-order valence-electron chi connectivity index (χ4n) is 3.00. The molecule has 0 unspecified atom stereocenters. The monoisotopic (exact) mass is 553 g/mol. The van der Waals surface area contributed by atoms with Gasteiger partial charge in [0, 0.05) is 5.02 Å². The van der Waals surface area contributed by atoms with Crippen molar-refractivity contribution in [1.82, 2.24) is 10.2 Å². The number of hydrogen-bond acceptors (Lipinski definition) is 11. The van der Waals surface area contributed by atoms with Crippen molar-refractivity contribution >= 4 is 57.5 Å². The van der Waals surface area contributed by atoms with Crippen LogP contribution in [0.1, 0.15) is 50.9 Å².